The number of amides is 2. The van der Waals surface area contributed by atoms with Crippen molar-refractivity contribution in [2.75, 3.05) is 10.6 Å². The number of hydrogen-bond acceptors (Lipinski definition) is 4. The fourth-order valence-corrected chi connectivity index (χ4v) is 2.99. The summed E-state index contributed by atoms with van der Waals surface area (Å²) in [4.78, 5) is 37.2. The van der Waals surface area contributed by atoms with Crippen molar-refractivity contribution in [2.24, 2.45) is 7.05 Å². The predicted molar refractivity (Wildman–Crippen MR) is 112 cm³/mol. The number of carbonyl (C=O) groups excluding carboxylic acids is 2. The summed E-state index contributed by atoms with van der Waals surface area (Å²) in [7, 11) is 1.62. The third kappa shape index (κ3) is 4.68. The molecule has 0 spiro atoms. The lowest BCUT2D eigenvalue weighted by atomic mass is 10.2. The number of halogens is 1. The molecule has 2 N–H and O–H groups in total. The molecule has 158 valence electrons. The quantitative estimate of drug-likeness (QED) is 0.684. The molecule has 0 aliphatic heterocycles. The average molecular weight is 414 g/mol. The number of ether oxygens (including phenoxy) is 1. The van der Waals surface area contributed by atoms with E-state index in [9.17, 15) is 18.8 Å². The second kappa shape index (κ2) is 8.02. The third-order valence-electron chi connectivity index (χ3n) is 4.24. The topological polar surface area (TPSA) is 94.4 Å². The molecule has 3 aromatic rings. The van der Waals surface area contributed by atoms with Crippen molar-refractivity contribution in [3.63, 3.8) is 0 Å². The first-order valence-electron chi connectivity index (χ1n) is 9.29. The lowest BCUT2D eigenvalue weighted by molar-refractivity contribution is -0.116. The van der Waals surface area contributed by atoms with Gasteiger partial charge in [0.25, 0.3) is 0 Å². The lowest BCUT2D eigenvalue weighted by Gasteiger charge is -2.20. The highest BCUT2D eigenvalue weighted by Gasteiger charge is 2.19. The number of imidazole rings is 1. The van der Waals surface area contributed by atoms with Gasteiger partial charge >= 0.3 is 11.8 Å². The van der Waals surface area contributed by atoms with Gasteiger partial charge in [0.05, 0.1) is 22.4 Å². The molecule has 3 rings (SSSR count). The van der Waals surface area contributed by atoms with Gasteiger partial charge in [0, 0.05) is 7.05 Å². The molecule has 2 amide bonds. The van der Waals surface area contributed by atoms with Crippen molar-refractivity contribution in [1.82, 2.24) is 9.13 Å². The van der Waals surface area contributed by atoms with E-state index in [0.717, 1.165) is 12.1 Å². The molecule has 1 heterocycles. The van der Waals surface area contributed by atoms with Crippen molar-refractivity contribution in [1.29, 1.82) is 0 Å². The SMILES string of the molecule is Cn1c(=O)n(CC(=O)Nc2cc(F)ccc2NC(=O)OC(C)(C)C)c2ccccc21. The molecule has 0 fully saturated rings. The van der Waals surface area contributed by atoms with Crippen LogP contribution < -0.4 is 16.3 Å². The van der Waals surface area contributed by atoms with E-state index in [1.54, 1.807) is 52.1 Å². The molecule has 0 aliphatic carbocycles. The zero-order chi connectivity index (χ0) is 22.1. The summed E-state index contributed by atoms with van der Waals surface area (Å²) in [5.74, 6) is -1.14. The van der Waals surface area contributed by atoms with Crippen molar-refractivity contribution in [2.45, 2.75) is 32.9 Å². The van der Waals surface area contributed by atoms with Crippen molar-refractivity contribution in [3.8, 4) is 0 Å². The van der Waals surface area contributed by atoms with Gasteiger partial charge in [-0.2, -0.15) is 0 Å². The highest BCUT2D eigenvalue weighted by molar-refractivity contribution is 5.98. The minimum atomic E-state index is -0.741. The molecule has 0 saturated heterocycles. The molecule has 9 heteroatoms. The first kappa shape index (κ1) is 21.1. The Morgan fingerprint density at radius 3 is 2.37 bits per heavy atom. The van der Waals surface area contributed by atoms with E-state index in [2.05, 4.69) is 10.6 Å². The normalized spacial score (nSPS) is 11.4. The van der Waals surface area contributed by atoms with Gasteiger partial charge in [-0.3, -0.25) is 19.2 Å². The second-order valence-electron chi connectivity index (χ2n) is 7.78. The molecular weight excluding hydrogens is 391 g/mol. The molecular formula is C21H23FN4O4. The summed E-state index contributed by atoms with van der Waals surface area (Å²) in [5, 5.41) is 5.04. The molecule has 0 radical (unpaired) electrons. The third-order valence-corrected chi connectivity index (χ3v) is 4.24. The number of anilines is 2. The molecule has 1 aromatic heterocycles. The molecule has 0 bridgehead atoms. The number of nitrogens with one attached hydrogen (secondary N) is 2. The largest absolute Gasteiger partial charge is 0.444 e. The Morgan fingerprint density at radius 1 is 1.03 bits per heavy atom. The summed E-state index contributed by atoms with van der Waals surface area (Å²) >= 11 is 0. The summed E-state index contributed by atoms with van der Waals surface area (Å²) in [6.45, 7) is 4.86. The summed E-state index contributed by atoms with van der Waals surface area (Å²) in [6.07, 6.45) is -0.741. The van der Waals surface area contributed by atoms with Crippen LogP contribution in [0.4, 0.5) is 20.6 Å². The van der Waals surface area contributed by atoms with E-state index in [1.165, 1.54) is 15.2 Å². The van der Waals surface area contributed by atoms with Crippen LogP contribution in [-0.2, 0) is 23.1 Å². The van der Waals surface area contributed by atoms with E-state index in [0.29, 0.717) is 11.0 Å². The molecule has 2 aromatic carbocycles. The maximum absolute atomic E-state index is 13.8. The number of carbonyl (C=O) groups is 2. The molecule has 0 unspecified atom stereocenters. The van der Waals surface area contributed by atoms with E-state index >= 15 is 0 Å². The van der Waals surface area contributed by atoms with Crippen LogP contribution in [-0.4, -0.2) is 26.7 Å². The highest BCUT2D eigenvalue weighted by Crippen LogP contribution is 2.24. The summed E-state index contributed by atoms with van der Waals surface area (Å²) < 4.78 is 21.7. The van der Waals surface area contributed by atoms with Crippen LogP contribution in [0.2, 0.25) is 0 Å². The molecule has 0 atom stereocenters. The van der Waals surface area contributed by atoms with Crippen LogP contribution >= 0.6 is 0 Å². The maximum Gasteiger partial charge on any atom is 0.412 e. The summed E-state index contributed by atoms with van der Waals surface area (Å²) in [5.41, 5.74) is 0.448. The number of para-hydroxylation sites is 2. The van der Waals surface area contributed by atoms with Crippen molar-refractivity contribution >= 4 is 34.4 Å². The number of aromatic nitrogens is 2. The standard InChI is InChI=1S/C21H23FN4O4/c1-21(2,3)30-19(28)24-14-10-9-13(22)11-15(14)23-18(27)12-26-17-8-6-5-7-16(17)25(4)20(26)29/h5-11H,12H2,1-4H3,(H,23,27)(H,24,28). The highest BCUT2D eigenvalue weighted by atomic mass is 19.1. The Bertz CT molecular complexity index is 1170. The van der Waals surface area contributed by atoms with Gasteiger partial charge in [-0.15, -0.1) is 0 Å². The van der Waals surface area contributed by atoms with Gasteiger partial charge in [-0.05, 0) is 51.1 Å². The smallest absolute Gasteiger partial charge is 0.412 e. The van der Waals surface area contributed by atoms with Gasteiger partial charge < -0.3 is 10.1 Å². The van der Waals surface area contributed by atoms with Crippen LogP contribution in [0.25, 0.3) is 11.0 Å². The van der Waals surface area contributed by atoms with E-state index in [1.807, 2.05) is 0 Å². The van der Waals surface area contributed by atoms with Gasteiger partial charge in [0.1, 0.15) is 18.0 Å². The number of benzene rings is 2. The van der Waals surface area contributed by atoms with Gasteiger partial charge in [0.2, 0.25) is 5.91 Å². The first-order chi connectivity index (χ1) is 14.0. The molecule has 8 nitrogen and oxygen atoms in total. The Morgan fingerprint density at radius 2 is 1.70 bits per heavy atom. The number of nitrogens with zero attached hydrogens (tertiary/aromatic N) is 2. The average Bonchev–Trinajstić information content (AvgIpc) is 2.88. The molecule has 0 aliphatic rings. The summed E-state index contributed by atoms with van der Waals surface area (Å²) in [6, 6.07) is 10.6. The second-order valence-corrected chi connectivity index (χ2v) is 7.78. The zero-order valence-corrected chi connectivity index (χ0v) is 17.2. The van der Waals surface area contributed by atoms with Crippen LogP contribution in [0.3, 0.4) is 0 Å². The maximum atomic E-state index is 13.8. The van der Waals surface area contributed by atoms with Gasteiger partial charge in [-0.25, -0.2) is 14.0 Å². The Balaban J connectivity index is 1.82. The monoisotopic (exact) mass is 414 g/mol. The minimum Gasteiger partial charge on any atom is -0.444 e. The van der Waals surface area contributed by atoms with Crippen LogP contribution in [0, 0.1) is 5.82 Å². The minimum absolute atomic E-state index is 0.0548. The van der Waals surface area contributed by atoms with E-state index in [-0.39, 0.29) is 23.6 Å². The van der Waals surface area contributed by atoms with Crippen LogP contribution in [0.1, 0.15) is 20.8 Å². The number of fused-ring (bicyclic) bond motifs is 1. The van der Waals surface area contributed by atoms with Crippen molar-refractivity contribution < 1.29 is 18.7 Å². The predicted octanol–water partition coefficient (Wildman–Crippen LogP) is 3.46. The molecule has 30 heavy (non-hydrogen) atoms. The number of hydrogen-bond donors (Lipinski definition) is 2. The first-order valence-corrected chi connectivity index (χ1v) is 9.29. The van der Waals surface area contributed by atoms with Gasteiger partial charge in [0.15, 0.2) is 0 Å². The van der Waals surface area contributed by atoms with Crippen LogP contribution in [0.15, 0.2) is 47.3 Å². The fourth-order valence-electron chi connectivity index (χ4n) is 2.99. The van der Waals surface area contributed by atoms with Gasteiger partial charge in [-0.1, -0.05) is 12.1 Å². The van der Waals surface area contributed by atoms with Crippen LogP contribution in [0.5, 0.6) is 0 Å². The van der Waals surface area contributed by atoms with E-state index in [4.69, 9.17) is 4.74 Å². The van der Waals surface area contributed by atoms with Crippen molar-refractivity contribution in [3.05, 3.63) is 58.8 Å². The fraction of sp³-hybridized carbons (Fsp3) is 0.286. The molecule has 0 saturated carbocycles. The van der Waals surface area contributed by atoms with E-state index < -0.39 is 23.4 Å². The number of rotatable bonds is 4. The lowest BCUT2D eigenvalue weighted by Crippen LogP contribution is -2.29. The Labute approximate surface area is 172 Å². The Kier molecular flexibility index (Phi) is 5.64. The Hall–Kier alpha value is -3.62. The number of aryl methyl sites for hydroxylation is 1. The zero-order valence-electron chi connectivity index (χ0n) is 17.2.